The molecule has 4 heteroatoms. The predicted molar refractivity (Wildman–Crippen MR) is 81.2 cm³/mol. The number of amides is 1. The molecule has 4 nitrogen and oxygen atoms in total. The molecule has 0 fully saturated rings. The maximum atomic E-state index is 12.6. The first-order valence-electron chi connectivity index (χ1n) is 7.00. The van der Waals surface area contributed by atoms with Crippen molar-refractivity contribution in [2.24, 2.45) is 0 Å². The van der Waals surface area contributed by atoms with Gasteiger partial charge >= 0.3 is 0 Å². The summed E-state index contributed by atoms with van der Waals surface area (Å²) >= 11 is 0. The second kappa shape index (κ2) is 5.90. The number of hydrogen-bond acceptors (Lipinski definition) is 2. The lowest BCUT2D eigenvalue weighted by molar-refractivity contribution is 0.0945. The normalized spacial score (nSPS) is 10.8. The maximum Gasteiger partial charge on any atom is 0.268 e. The Morgan fingerprint density at radius 1 is 1.25 bits per heavy atom. The fourth-order valence-corrected chi connectivity index (χ4v) is 2.35. The lowest BCUT2D eigenvalue weighted by Crippen LogP contribution is -2.32. The summed E-state index contributed by atoms with van der Waals surface area (Å²) in [5.41, 5.74) is 1.40. The van der Waals surface area contributed by atoms with Gasteiger partial charge in [-0.3, -0.25) is 9.59 Å². The summed E-state index contributed by atoms with van der Waals surface area (Å²) in [4.78, 5) is 24.7. The van der Waals surface area contributed by atoms with E-state index < -0.39 is 0 Å². The zero-order chi connectivity index (χ0) is 14.7. The van der Waals surface area contributed by atoms with E-state index in [1.807, 2.05) is 39.0 Å². The molecule has 2 rings (SSSR count). The van der Waals surface area contributed by atoms with Crippen molar-refractivity contribution < 1.29 is 4.79 Å². The highest BCUT2D eigenvalue weighted by Crippen LogP contribution is 2.14. The lowest BCUT2D eigenvalue weighted by Gasteiger charge is -2.13. The first kappa shape index (κ1) is 14.3. The zero-order valence-corrected chi connectivity index (χ0v) is 12.2. The monoisotopic (exact) mass is 272 g/mol. The van der Waals surface area contributed by atoms with Crippen LogP contribution < -0.4 is 10.9 Å². The lowest BCUT2D eigenvalue weighted by atomic mass is 10.1. The van der Waals surface area contributed by atoms with Crippen LogP contribution in [-0.4, -0.2) is 17.0 Å². The molecule has 0 aliphatic carbocycles. The van der Waals surface area contributed by atoms with Crippen molar-refractivity contribution in [1.29, 1.82) is 0 Å². The minimum atomic E-state index is -0.194. The molecule has 106 valence electrons. The van der Waals surface area contributed by atoms with E-state index in [0.717, 1.165) is 17.4 Å². The molecule has 0 bridgehead atoms. The van der Waals surface area contributed by atoms with E-state index in [1.54, 1.807) is 10.6 Å². The summed E-state index contributed by atoms with van der Waals surface area (Å²) in [6.45, 7) is 6.92. The van der Waals surface area contributed by atoms with Crippen LogP contribution in [0.4, 0.5) is 0 Å². The quantitative estimate of drug-likeness (QED) is 0.929. The van der Waals surface area contributed by atoms with Crippen molar-refractivity contribution >= 4 is 16.7 Å². The predicted octanol–water partition coefficient (Wildman–Crippen LogP) is 2.47. The fraction of sp³-hybridized carbons (Fsp3) is 0.375. The molecule has 0 atom stereocenters. The van der Waals surface area contributed by atoms with Crippen molar-refractivity contribution in [3.63, 3.8) is 0 Å². The van der Waals surface area contributed by atoms with Gasteiger partial charge in [0.1, 0.15) is 5.69 Å². The number of rotatable bonds is 4. The smallest absolute Gasteiger partial charge is 0.268 e. The first-order valence-corrected chi connectivity index (χ1v) is 7.00. The Labute approximate surface area is 118 Å². The number of carbonyl (C=O) groups is 1. The molecule has 0 saturated carbocycles. The van der Waals surface area contributed by atoms with Gasteiger partial charge in [0.2, 0.25) is 0 Å². The Kier molecular flexibility index (Phi) is 4.23. The van der Waals surface area contributed by atoms with Crippen LogP contribution in [0.5, 0.6) is 0 Å². The Hall–Kier alpha value is -2.10. The molecule has 0 radical (unpaired) electrons. The van der Waals surface area contributed by atoms with E-state index in [4.69, 9.17) is 0 Å². The van der Waals surface area contributed by atoms with Gasteiger partial charge in [0, 0.05) is 18.5 Å². The Morgan fingerprint density at radius 2 is 2.00 bits per heavy atom. The molecule has 0 spiro atoms. The van der Waals surface area contributed by atoms with Crippen LogP contribution in [0.1, 0.15) is 36.3 Å². The van der Waals surface area contributed by atoms with Crippen molar-refractivity contribution in [2.45, 2.75) is 33.7 Å². The zero-order valence-electron chi connectivity index (χ0n) is 12.2. The summed E-state index contributed by atoms with van der Waals surface area (Å²) in [5, 5.41) is 4.25. The number of nitrogens with one attached hydrogen (secondary N) is 1. The van der Waals surface area contributed by atoms with Gasteiger partial charge in [-0.05, 0) is 37.8 Å². The number of hydrogen-bond donors (Lipinski definition) is 1. The third-order valence-electron chi connectivity index (χ3n) is 3.28. The molecule has 20 heavy (non-hydrogen) atoms. The van der Waals surface area contributed by atoms with E-state index in [-0.39, 0.29) is 11.5 Å². The molecule has 1 N–H and O–H groups in total. The van der Waals surface area contributed by atoms with Gasteiger partial charge < -0.3 is 9.88 Å². The van der Waals surface area contributed by atoms with Gasteiger partial charge in [-0.1, -0.05) is 24.6 Å². The number of aromatic nitrogens is 1. The third-order valence-corrected chi connectivity index (χ3v) is 3.28. The third kappa shape index (κ3) is 2.59. The van der Waals surface area contributed by atoms with Crippen molar-refractivity contribution in [3.05, 3.63) is 45.9 Å². The van der Waals surface area contributed by atoms with Gasteiger partial charge in [-0.15, -0.1) is 0 Å². The number of nitrogens with zero attached hydrogens (tertiary/aromatic N) is 1. The summed E-state index contributed by atoms with van der Waals surface area (Å²) in [5.74, 6) is -0.194. The highest BCUT2D eigenvalue weighted by Gasteiger charge is 2.14. The number of benzene rings is 1. The molecule has 0 aliphatic heterocycles. The highest BCUT2D eigenvalue weighted by atomic mass is 16.2. The molecule has 2 aromatic rings. The van der Waals surface area contributed by atoms with E-state index >= 15 is 0 Å². The Morgan fingerprint density at radius 3 is 2.65 bits per heavy atom. The molecule has 1 heterocycles. The van der Waals surface area contributed by atoms with Crippen molar-refractivity contribution in [3.8, 4) is 0 Å². The van der Waals surface area contributed by atoms with Crippen LogP contribution in [0.2, 0.25) is 0 Å². The molecule has 0 unspecified atom stereocenters. The fourth-order valence-electron chi connectivity index (χ4n) is 2.35. The average molecular weight is 272 g/mol. The summed E-state index contributed by atoms with van der Waals surface area (Å²) in [6.07, 6.45) is 0.809. The van der Waals surface area contributed by atoms with E-state index in [2.05, 4.69) is 5.32 Å². The molecular weight excluding hydrogens is 252 g/mol. The highest BCUT2D eigenvalue weighted by molar-refractivity contribution is 5.96. The maximum absolute atomic E-state index is 12.6. The van der Waals surface area contributed by atoms with Crippen LogP contribution in [0.3, 0.4) is 0 Å². The molecule has 1 aromatic heterocycles. The van der Waals surface area contributed by atoms with Crippen LogP contribution in [0.15, 0.2) is 29.1 Å². The second-order valence-corrected chi connectivity index (χ2v) is 4.94. The van der Waals surface area contributed by atoms with Gasteiger partial charge in [-0.25, -0.2) is 0 Å². The SMILES string of the molecule is CCCn1c(C(=O)NCC)cc2ccc(C)cc2c1=O. The van der Waals surface area contributed by atoms with Gasteiger partial charge in [0.25, 0.3) is 11.5 Å². The Bertz CT molecular complexity index is 701. The van der Waals surface area contributed by atoms with Crippen LogP contribution in [-0.2, 0) is 6.54 Å². The summed E-state index contributed by atoms with van der Waals surface area (Å²) < 4.78 is 1.58. The molecule has 0 aliphatic rings. The first-order chi connectivity index (χ1) is 9.58. The van der Waals surface area contributed by atoms with Crippen LogP contribution >= 0.6 is 0 Å². The van der Waals surface area contributed by atoms with Crippen molar-refractivity contribution in [1.82, 2.24) is 9.88 Å². The van der Waals surface area contributed by atoms with Crippen molar-refractivity contribution in [2.75, 3.05) is 6.54 Å². The molecule has 1 amide bonds. The molecular formula is C16H20N2O2. The van der Waals surface area contributed by atoms with Crippen LogP contribution in [0, 0.1) is 6.92 Å². The number of carbonyl (C=O) groups excluding carboxylic acids is 1. The minimum Gasteiger partial charge on any atom is -0.351 e. The number of aryl methyl sites for hydroxylation is 1. The number of pyridine rings is 1. The molecule has 0 saturated heterocycles. The topological polar surface area (TPSA) is 51.1 Å². The largest absolute Gasteiger partial charge is 0.351 e. The summed E-state index contributed by atoms with van der Waals surface area (Å²) in [6, 6.07) is 7.53. The minimum absolute atomic E-state index is 0.0886. The number of fused-ring (bicyclic) bond motifs is 1. The van der Waals surface area contributed by atoms with Gasteiger partial charge in [0.05, 0.1) is 0 Å². The van der Waals surface area contributed by atoms with E-state index in [1.165, 1.54) is 0 Å². The van der Waals surface area contributed by atoms with E-state index in [9.17, 15) is 9.59 Å². The second-order valence-electron chi connectivity index (χ2n) is 4.94. The Balaban J connectivity index is 2.73. The molecule has 1 aromatic carbocycles. The van der Waals surface area contributed by atoms with Gasteiger partial charge in [-0.2, -0.15) is 0 Å². The summed E-state index contributed by atoms with van der Waals surface area (Å²) in [7, 11) is 0. The van der Waals surface area contributed by atoms with E-state index in [0.29, 0.717) is 24.2 Å². The van der Waals surface area contributed by atoms with Gasteiger partial charge in [0.15, 0.2) is 0 Å². The van der Waals surface area contributed by atoms with Crippen LogP contribution in [0.25, 0.3) is 10.8 Å². The standard InChI is InChI=1S/C16H20N2O2/c1-4-8-18-14(15(19)17-5-2)10-12-7-6-11(3)9-13(12)16(18)20/h6-7,9-10H,4-5,8H2,1-3H3,(H,17,19). The average Bonchev–Trinajstić information content (AvgIpc) is 2.42.